The molecule has 0 amide bonds. The second kappa shape index (κ2) is 6.29. The zero-order valence-electron chi connectivity index (χ0n) is 14.1. The van der Waals surface area contributed by atoms with Crippen LogP contribution in [0.3, 0.4) is 0 Å². The highest BCUT2D eigenvalue weighted by Gasteiger charge is 2.24. The van der Waals surface area contributed by atoms with Crippen molar-refractivity contribution in [2.45, 2.75) is 31.6 Å². The lowest BCUT2D eigenvalue weighted by Gasteiger charge is -2.16. The first-order valence-electron chi connectivity index (χ1n) is 8.00. The first kappa shape index (κ1) is 16.5. The molecule has 3 aromatic rings. The Balaban J connectivity index is 2.25. The van der Waals surface area contributed by atoms with E-state index in [4.69, 9.17) is 0 Å². The van der Waals surface area contributed by atoms with Crippen molar-refractivity contribution in [3.05, 3.63) is 78.0 Å². The molecule has 3 nitrogen and oxygen atoms in total. The molecule has 0 aliphatic rings. The Kier molecular flexibility index (Phi) is 4.33. The van der Waals surface area contributed by atoms with Gasteiger partial charge in [-0.2, -0.15) is 0 Å². The molecule has 2 aromatic carbocycles. The lowest BCUT2D eigenvalue weighted by atomic mass is 10.1. The third-order valence-corrected chi connectivity index (χ3v) is 5.84. The van der Waals surface area contributed by atoms with Gasteiger partial charge in [-0.25, -0.2) is 12.4 Å². The molecule has 0 bridgehead atoms. The molecular formula is C20H21NO2S. The van der Waals surface area contributed by atoms with Gasteiger partial charge in [0.2, 0.25) is 0 Å². The molecule has 0 aliphatic carbocycles. The Hall–Kier alpha value is -2.33. The highest BCUT2D eigenvalue weighted by atomic mass is 32.2. The van der Waals surface area contributed by atoms with Gasteiger partial charge in [0.25, 0.3) is 10.0 Å². The van der Waals surface area contributed by atoms with Gasteiger partial charge in [-0.05, 0) is 42.7 Å². The molecule has 0 fully saturated rings. The van der Waals surface area contributed by atoms with Gasteiger partial charge in [0, 0.05) is 5.69 Å². The number of aryl methyl sites for hydroxylation is 1. The Bertz CT molecular complexity index is 937. The fourth-order valence-electron chi connectivity index (χ4n) is 2.77. The summed E-state index contributed by atoms with van der Waals surface area (Å²) < 4.78 is 28.1. The van der Waals surface area contributed by atoms with Crippen molar-refractivity contribution in [2.24, 2.45) is 0 Å². The molecule has 0 N–H and O–H groups in total. The molecular weight excluding hydrogens is 318 g/mol. The monoisotopic (exact) mass is 339 g/mol. The van der Waals surface area contributed by atoms with E-state index in [1.165, 1.54) is 3.97 Å². The van der Waals surface area contributed by atoms with Crippen LogP contribution in [0, 0.1) is 6.92 Å². The van der Waals surface area contributed by atoms with Crippen LogP contribution in [0.25, 0.3) is 11.3 Å². The standard InChI is InChI=1S/C20H21NO2S/c1-15(2)19-13-14-20(17-7-5-4-6-8-17)21(19)24(22,23)18-11-9-16(3)10-12-18/h4-15H,1-3H3. The molecule has 124 valence electrons. The Morgan fingerprint density at radius 1 is 0.833 bits per heavy atom. The zero-order chi connectivity index (χ0) is 17.3. The molecule has 1 aromatic heterocycles. The Labute approximate surface area is 143 Å². The highest BCUT2D eigenvalue weighted by molar-refractivity contribution is 7.90. The molecule has 24 heavy (non-hydrogen) atoms. The molecule has 0 unspecified atom stereocenters. The number of hydrogen-bond donors (Lipinski definition) is 0. The van der Waals surface area contributed by atoms with Gasteiger partial charge in [-0.3, -0.25) is 0 Å². The number of aromatic nitrogens is 1. The minimum atomic E-state index is -3.65. The van der Waals surface area contributed by atoms with E-state index in [9.17, 15) is 8.42 Å². The summed E-state index contributed by atoms with van der Waals surface area (Å²) >= 11 is 0. The van der Waals surface area contributed by atoms with Gasteiger partial charge < -0.3 is 0 Å². The zero-order valence-corrected chi connectivity index (χ0v) is 14.9. The van der Waals surface area contributed by atoms with Crippen LogP contribution in [0.4, 0.5) is 0 Å². The van der Waals surface area contributed by atoms with Crippen LogP contribution in [0.5, 0.6) is 0 Å². The Morgan fingerprint density at radius 2 is 1.46 bits per heavy atom. The average Bonchev–Trinajstić information content (AvgIpc) is 3.02. The minimum Gasteiger partial charge on any atom is -0.238 e. The van der Waals surface area contributed by atoms with Crippen LogP contribution in [0.15, 0.2) is 71.6 Å². The molecule has 0 saturated heterocycles. The quantitative estimate of drug-likeness (QED) is 0.683. The molecule has 4 heteroatoms. The van der Waals surface area contributed by atoms with Gasteiger partial charge in [-0.15, -0.1) is 0 Å². The van der Waals surface area contributed by atoms with Crippen molar-refractivity contribution in [3.63, 3.8) is 0 Å². The van der Waals surface area contributed by atoms with Gasteiger partial charge in [-0.1, -0.05) is 61.9 Å². The summed E-state index contributed by atoms with van der Waals surface area (Å²) in [5.74, 6) is 0.0997. The van der Waals surface area contributed by atoms with Crippen molar-refractivity contribution in [1.29, 1.82) is 0 Å². The average molecular weight is 339 g/mol. The molecule has 0 spiro atoms. The summed E-state index contributed by atoms with van der Waals surface area (Å²) in [4.78, 5) is 0.309. The maximum atomic E-state index is 13.3. The summed E-state index contributed by atoms with van der Waals surface area (Å²) in [6.07, 6.45) is 0. The van der Waals surface area contributed by atoms with E-state index >= 15 is 0 Å². The van der Waals surface area contributed by atoms with Crippen molar-refractivity contribution in [1.82, 2.24) is 3.97 Å². The van der Waals surface area contributed by atoms with Crippen LogP contribution < -0.4 is 0 Å². The Morgan fingerprint density at radius 3 is 2.04 bits per heavy atom. The second-order valence-electron chi connectivity index (χ2n) is 6.25. The lowest BCUT2D eigenvalue weighted by molar-refractivity contribution is 0.584. The van der Waals surface area contributed by atoms with Crippen molar-refractivity contribution in [3.8, 4) is 11.3 Å². The predicted molar refractivity (Wildman–Crippen MR) is 97.7 cm³/mol. The van der Waals surface area contributed by atoms with Crippen LogP contribution >= 0.6 is 0 Å². The number of nitrogens with zero attached hydrogens (tertiary/aromatic N) is 1. The van der Waals surface area contributed by atoms with Gasteiger partial charge >= 0.3 is 0 Å². The second-order valence-corrected chi connectivity index (χ2v) is 8.03. The van der Waals surface area contributed by atoms with E-state index in [2.05, 4.69) is 0 Å². The number of hydrogen-bond acceptors (Lipinski definition) is 2. The molecule has 0 saturated carbocycles. The van der Waals surface area contributed by atoms with Crippen LogP contribution in [0.2, 0.25) is 0 Å². The van der Waals surface area contributed by atoms with Crippen LogP contribution in [-0.2, 0) is 10.0 Å². The highest BCUT2D eigenvalue weighted by Crippen LogP contribution is 2.31. The summed E-state index contributed by atoms with van der Waals surface area (Å²) in [5, 5.41) is 0. The SMILES string of the molecule is Cc1ccc(S(=O)(=O)n2c(-c3ccccc3)ccc2C(C)C)cc1. The van der Waals surface area contributed by atoms with Gasteiger partial charge in [0.15, 0.2) is 0 Å². The summed E-state index contributed by atoms with van der Waals surface area (Å²) in [6.45, 7) is 5.96. The predicted octanol–water partition coefficient (Wildman–Crippen LogP) is 4.82. The summed E-state index contributed by atoms with van der Waals surface area (Å²) in [5.41, 5.74) is 3.41. The van der Waals surface area contributed by atoms with E-state index in [1.54, 1.807) is 12.1 Å². The molecule has 3 rings (SSSR count). The molecule has 0 atom stereocenters. The fourth-order valence-corrected chi connectivity index (χ4v) is 4.44. The largest absolute Gasteiger partial charge is 0.268 e. The third kappa shape index (κ3) is 2.89. The lowest BCUT2D eigenvalue weighted by Crippen LogP contribution is -2.17. The van der Waals surface area contributed by atoms with E-state index < -0.39 is 10.0 Å². The van der Waals surface area contributed by atoms with Crippen molar-refractivity contribution in [2.75, 3.05) is 0 Å². The first-order chi connectivity index (χ1) is 11.4. The van der Waals surface area contributed by atoms with Gasteiger partial charge in [0.1, 0.15) is 0 Å². The van der Waals surface area contributed by atoms with Gasteiger partial charge in [0.05, 0.1) is 10.6 Å². The minimum absolute atomic E-state index is 0.0997. The van der Waals surface area contributed by atoms with Crippen LogP contribution in [0.1, 0.15) is 31.0 Å². The fraction of sp³-hybridized carbons (Fsp3) is 0.200. The molecule has 0 radical (unpaired) electrons. The van der Waals surface area contributed by atoms with E-state index in [0.717, 1.165) is 16.8 Å². The number of rotatable bonds is 4. The third-order valence-electron chi connectivity index (χ3n) is 4.09. The number of benzene rings is 2. The van der Waals surface area contributed by atoms with Crippen molar-refractivity contribution >= 4 is 10.0 Å². The topological polar surface area (TPSA) is 39.1 Å². The van der Waals surface area contributed by atoms with E-state index in [0.29, 0.717) is 10.6 Å². The first-order valence-corrected chi connectivity index (χ1v) is 9.44. The van der Waals surface area contributed by atoms with Crippen LogP contribution in [-0.4, -0.2) is 12.4 Å². The van der Waals surface area contributed by atoms with E-state index in [1.807, 2.05) is 75.4 Å². The van der Waals surface area contributed by atoms with E-state index in [-0.39, 0.29) is 5.92 Å². The van der Waals surface area contributed by atoms with Crippen molar-refractivity contribution < 1.29 is 8.42 Å². The smallest absolute Gasteiger partial charge is 0.238 e. The summed E-state index contributed by atoms with van der Waals surface area (Å²) in [6, 6.07) is 20.4. The molecule has 0 aliphatic heterocycles. The maximum Gasteiger partial charge on any atom is 0.268 e. The summed E-state index contributed by atoms with van der Waals surface area (Å²) in [7, 11) is -3.65. The molecule has 1 heterocycles. The maximum absolute atomic E-state index is 13.3. The normalized spacial score (nSPS) is 11.8.